The first kappa shape index (κ1) is 11.6. The Morgan fingerprint density at radius 3 is 2.87 bits per heavy atom. The zero-order chi connectivity index (χ0) is 11.3. The number of carbonyl (C=O) groups is 1. The fourth-order valence-corrected chi connectivity index (χ4v) is 1.31. The Morgan fingerprint density at radius 2 is 2.27 bits per heavy atom. The molecule has 0 heterocycles. The first-order chi connectivity index (χ1) is 7.13. The highest BCUT2D eigenvalue weighted by atomic mass is 16.5. The van der Waals surface area contributed by atoms with E-state index in [0.29, 0.717) is 6.42 Å². The van der Waals surface area contributed by atoms with Gasteiger partial charge < -0.3 is 9.84 Å². The summed E-state index contributed by atoms with van der Waals surface area (Å²) in [5, 5.41) is 9.26. The number of benzene rings is 1. The van der Waals surface area contributed by atoms with Crippen molar-refractivity contribution in [2.75, 3.05) is 0 Å². The molecule has 82 valence electrons. The topological polar surface area (TPSA) is 46.5 Å². The molecule has 1 aromatic rings. The van der Waals surface area contributed by atoms with Crippen LogP contribution in [0.5, 0.6) is 5.75 Å². The second-order valence-corrected chi connectivity index (χ2v) is 3.48. The molecule has 3 nitrogen and oxygen atoms in total. The van der Waals surface area contributed by atoms with Crippen molar-refractivity contribution in [2.24, 2.45) is 0 Å². The van der Waals surface area contributed by atoms with Crippen molar-refractivity contribution in [3.8, 4) is 5.75 Å². The predicted molar refractivity (Wildman–Crippen MR) is 57.5 cm³/mol. The molecular formula is C12H16O3. The lowest BCUT2D eigenvalue weighted by Crippen LogP contribution is -2.08. The average molecular weight is 208 g/mol. The summed E-state index contributed by atoms with van der Waals surface area (Å²) in [6.07, 6.45) is 0.908. The fourth-order valence-electron chi connectivity index (χ4n) is 1.31. The standard InChI is InChI=1S/C12H16O3/c1-3-5-12(14)15-9(2)10-6-4-7-11(13)8-10/h4,6-9,13H,3,5H2,1-2H3. The van der Waals surface area contributed by atoms with Gasteiger partial charge in [0.1, 0.15) is 11.9 Å². The van der Waals surface area contributed by atoms with Gasteiger partial charge in [0.05, 0.1) is 0 Å². The summed E-state index contributed by atoms with van der Waals surface area (Å²) in [4.78, 5) is 11.2. The fraction of sp³-hybridized carbons (Fsp3) is 0.417. The van der Waals surface area contributed by atoms with Crippen molar-refractivity contribution < 1.29 is 14.6 Å². The molecule has 0 aliphatic carbocycles. The Bertz CT molecular complexity index is 333. The second-order valence-electron chi connectivity index (χ2n) is 3.48. The van der Waals surface area contributed by atoms with E-state index in [-0.39, 0.29) is 17.8 Å². The number of hydrogen-bond donors (Lipinski definition) is 1. The molecule has 0 fully saturated rings. The first-order valence-electron chi connectivity index (χ1n) is 5.12. The molecule has 0 amide bonds. The Kier molecular flexibility index (Phi) is 4.16. The van der Waals surface area contributed by atoms with Crippen LogP contribution >= 0.6 is 0 Å². The number of ether oxygens (including phenoxy) is 1. The first-order valence-corrected chi connectivity index (χ1v) is 5.12. The van der Waals surface area contributed by atoms with Crippen molar-refractivity contribution in [3.63, 3.8) is 0 Å². The molecule has 0 aromatic heterocycles. The van der Waals surface area contributed by atoms with Gasteiger partial charge in [0.2, 0.25) is 0 Å². The van der Waals surface area contributed by atoms with Gasteiger partial charge in [-0.2, -0.15) is 0 Å². The van der Waals surface area contributed by atoms with Gasteiger partial charge in [0.25, 0.3) is 0 Å². The number of aromatic hydroxyl groups is 1. The van der Waals surface area contributed by atoms with Crippen LogP contribution in [0.2, 0.25) is 0 Å². The summed E-state index contributed by atoms with van der Waals surface area (Å²) in [6.45, 7) is 3.72. The van der Waals surface area contributed by atoms with E-state index in [1.807, 2.05) is 13.0 Å². The van der Waals surface area contributed by atoms with Crippen LogP contribution in [0.1, 0.15) is 38.4 Å². The highest BCUT2D eigenvalue weighted by Crippen LogP contribution is 2.21. The summed E-state index contributed by atoms with van der Waals surface area (Å²) in [5.41, 5.74) is 0.805. The summed E-state index contributed by atoms with van der Waals surface area (Å²) in [6, 6.07) is 6.74. The SMILES string of the molecule is CCCC(=O)OC(C)c1cccc(O)c1. The molecule has 0 bridgehead atoms. The number of carbonyl (C=O) groups excluding carboxylic acids is 1. The molecular weight excluding hydrogens is 192 g/mol. The number of esters is 1. The van der Waals surface area contributed by atoms with Crippen molar-refractivity contribution in [3.05, 3.63) is 29.8 Å². The van der Waals surface area contributed by atoms with Crippen LogP contribution in [-0.2, 0) is 9.53 Å². The molecule has 1 rings (SSSR count). The van der Waals surface area contributed by atoms with Gasteiger partial charge in [0, 0.05) is 6.42 Å². The van der Waals surface area contributed by atoms with Gasteiger partial charge in [-0.25, -0.2) is 0 Å². The normalized spacial score (nSPS) is 12.1. The molecule has 1 atom stereocenters. The highest BCUT2D eigenvalue weighted by Gasteiger charge is 2.10. The monoisotopic (exact) mass is 208 g/mol. The van der Waals surface area contributed by atoms with E-state index in [2.05, 4.69) is 0 Å². The van der Waals surface area contributed by atoms with E-state index in [1.54, 1.807) is 25.1 Å². The summed E-state index contributed by atoms with van der Waals surface area (Å²) >= 11 is 0. The van der Waals surface area contributed by atoms with E-state index in [4.69, 9.17) is 4.74 Å². The molecule has 15 heavy (non-hydrogen) atoms. The maximum Gasteiger partial charge on any atom is 0.306 e. The van der Waals surface area contributed by atoms with Crippen LogP contribution in [-0.4, -0.2) is 11.1 Å². The number of hydrogen-bond acceptors (Lipinski definition) is 3. The van der Waals surface area contributed by atoms with E-state index in [1.165, 1.54) is 0 Å². The number of phenolic OH excluding ortho intramolecular Hbond substituents is 1. The zero-order valence-electron chi connectivity index (χ0n) is 9.06. The van der Waals surface area contributed by atoms with E-state index in [0.717, 1.165) is 12.0 Å². The quantitative estimate of drug-likeness (QED) is 0.774. The second kappa shape index (κ2) is 5.39. The Balaban J connectivity index is 2.60. The third-order valence-electron chi connectivity index (χ3n) is 2.10. The molecule has 1 N–H and O–H groups in total. The van der Waals surface area contributed by atoms with Crippen LogP contribution in [0.3, 0.4) is 0 Å². The van der Waals surface area contributed by atoms with E-state index >= 15 is 0 Å². The van der Waals surface area contributed by atoms with Crippen molar-refractivity contribution in [1.82, 2.24) is 0 Å². The highest BCUT2D eigenvalue weighted by molar-refractivity contribution is 5.69. The van der Waals surface area contributed by atoms with Gasteiger partial charge in [-0.15, -0.1) is 0 Å². The van der Waals surface area contributed by atoms with Gasteiger partial charge in [-0.1, -0.05) is 19.1 Å². The van der Waals surface area contributed by atoms with Crippen molar-refractivity contribution in [1.29, 1.82) is 0 Å². The van der Waals surface area contributed by atoms with Gasteiger partial charge in [0.15, 0.2) is 0 Å². The van der Waals surface area contributed by atoms with Crippen LogP contribution in [0.25, 0.3) is 0 Å². The van der Waals surface area contributed by atoms with E-state index in [9.17, 15) is 9.90 Å². The Morgan fingerprint density at radius 1 is 1.53 bits per heavy atom. The average Bonchev–Trinajstić information content (AvgIpc) is 2.18. The lowest BCUT2D eigenvalue weighted by molar-refractivity contribution is -0.148. The molecule has 3 heteroatoms. The summed E-state index contributed by atoms with van der Waals surface area (Å²) in [7, 11) is 0. The third kappa shape index (κ3) is 3.62. The number of phenols is 1. The summed E-state index contributed by atoms with van der Waals surface area (Å²) in [5.74, 6) is -0.0146. The van der Waals surface area contributed by atoms with Crippen LogP contribution < -0.4 is 0 Å². The largest absolute Gasteiger partial charge is 0.508 e. The minimum absolute atomic E-state index is 0.186. The molecule has 0 spiro atoms. The maximum absolute atomic E-state index is 11.2. The van der Waals surface area contributed by atoms with Crippen LogP contribution in [0.4, 0.5) is 0 Å². The minimum atomic E-state index is -0.309. The predicted octanol–water partition coefficient (Wildman–Crippen LogP) is 2.80. The van der Waals surface area contributed by atoms with Gasteiger partial charge in [-0.3, -0.25) is 4.79 Å². The molecule has 1 unspecified atom stereocenters. The van der Waals surface area contributed by atoms with Crippen LogP contribution in [0, 0.1) is 0 Å². The lowest BCUT2D eigenvalue weighted by Gasteiger charge is -2.13. The zero-order valence-corrected chi connectivity index (χ0v) is 9.06. The molecule has 0 saturated heterocycles. The Labute approximate surface area is 89.7 Å². The maximum atomic E-state index is 11.2. The van der Waals surface area contributed by atoms with Crippen molar-refractivity contribution in [2.45, 2.75) is 32.8 Å². The minimum Gasteiger partial charge on any atom is -0.508 e. The lowest BCUT2D eigenvalue weighted by atomic mass is 10.1. The third-order valence-corrected chi connectivity index (χ3v) is 2.10. The van der Waals surface area contributed by atoms with Crippen molar-refractivity contribution >= 4 is 5.97 Å². The number of rotatable bonds is 4. The molecule has 1 aromatic carbocycles. The molecule has 0 radical (unpaired) electrons. The van der Waals surface area contributed by atoms with Gasteiger partial charge in [-0.05, 0) is 31.0 Å². The molecule has 0 aliphatic rings. The summed E-state index contributed by atoms with van der Waals surface area (Å²) < 4.78 is 5.18. The Hall–Kier alpha value is -1.51. The molecule has 0 aliphatic heterocycles. The van der Waals surface area contributed by atoms with Crippen LogP contribution in [0.15, 0.2) is 24.3 Å². The smallest absolute Gasteiger partial charge is 0.306 e. The van der Waals surface area contributed by atoms with E-state index < -0.39 is 0 Å². The molecule has 0 saturated carbocycles. The van der Waals surface area contributed by atoms with Gasteiger partial charge >= 0.3 is 5.97 Å².